The third kappa shape index (κ3) is 5.83. The fraction of sp³-hybridized carbons (Fsp3) is 0.353. The number of carbonyl (C=O) groups is 2. The first kappa shape index (κ1) is 18.3. The molecule has 0 atom stereocenters. The number of nitrogens with zero attached hydrogens (tertiary/aromatic N) is 2. The van der Waals surface area contributed by atoms with E-state index >= 15 is 0 Å². The maximum absolute atomic E-state index is 12.0. The number of carbonyl (C=O) groups excluding carboxylic acids is 2. The van der Waals surface area contributed by atoms with Crippen molar-refractivity contribution in [3.8, 4) is 11.5 Å². The van der Waals surface area contributed by atoms with Crippen LogP contribution >= 0.6 is 0 Å². The largest absolute Gasteiger partial charge is 0.497 e. The summed E-state index contributed by atoms with van der Waals surface area (Å²) in [6, 6.07) is 8.72. The lowest BCUT2D eigenvalue weighted by Gasteiger charge is -2.20. The number of hydrogen-bond acceptors (Lipinski definition) is 6. The van der Waals surface area contributed by atoms with Crippen molar-refractivity contribution in [2.24, 2.45) is 0 Å². The molecule has 1 aromatic heterocycles. The van der Waals surface area contributed by atoms with Gasteiger partial charge in [0.15, 0.2) is 5.82 Å². The Morgan fingerprint density at radius 1 is 1.24 bits per heavy atom. The van der Waals surface area contributed by atoms with Gasteiger partial charge in [0.25, 0.3) is 0 Å². The Labute approximate surface area is 145 Å². The van der Waals surface area contributed by atoms with Crippen LogP contribution in [0.1, 0.15) is 12.7 Å². The molecule has 0 fully saturated rings. The highest BCUT2D eigenvalue weighted by molar-refractivity contribution is 5.93. The molecule has 134 valence electrons. The fourth-order valence-electron chi connectivity index (χ4n) is 2.07. The van der Waals surface area contributed by atoms with Crippen molar-refractivity contribution in [1.82, 2.24) is 10.1 Å². The summed E-state index contributed by atoms with van der Waals surface area (Å²) < 4.78 is 15.5. The SMILES string of the molecule is COc1ccc(OCCN(CC(=O)Nc2cc(C)on2)C(C)=O)cc1. The second kappa shape index (κ2) is 8.72. The number of aromatic nitrogens is 1. The first-order valence-corrected chi connectivity index (χ1v) is 7.73. The van der Waals surface area contributed by atoms with Gasteiger partial charge in [0.1, 0.15) is 30.4 Å². The summed E-state index contributed by atoms with van der Waals surface area (Å²) in [6.07, 6.45) is 0. The molecule has 2 rings (SSSR count). The molecule has 2 amide bonds. The van der Waals surface area contributed by atoms with Crippen LogP contribution < -0.4 is 14.8 Å². The van der Waals surface area contributed by atoms with Gasteiger partial charge in [-0.15, -0.1) is 0 Å². The highest BCUT2D eigenvalue weighted by atomic mass is 16.5. The lowest BCUT2D eigenvalue weighted by Crippen LogP contribution is -2.39. The third-order valence-electron chi connectivity index (χ3n) is 3.36. The number of hydrogen-bond donors (Lipinski definition) is 1. The van der Waals surface area contributed by atoms with Gasteiger partial charge in [-0.3, -0.25) is 9.59 Å². The molecule has 25 heavy (non-hydrogen) atoms. The van der Waals surface area contributed by atoms with E-state index in [1.165, 1.54) is 11.8 Å². The zero-order valence-corrected chi connectivity index (χ0v) is 14.4. The minimum Gasteiger partial charge on any atom is -0.497 e. The van der Waals surface area contributed by atoms with Gasteiger partial charge in [-0.1, -0.05) is 5.16 Å². The Morgan fingerprint density at radius 3 is 2.48 bits per heavy atom. The van der Waals surface area contributed by atoms with Crippen molar-refractivity contribution in [3.63, 3.8) is 0 Å². The second-order valence-corrected chi connectivity index (χ2v) is 5.34. The molecule has 8 nitrogen and oxygen atoms in total. The number of rotatable bonds is 8. The molecule has 0 unspecified atom stereocenters. The molecular formula is C17H21N3O5. The minimum absolute atomic E-state index is 0.0901. The van der Waals surface area contributed by atoms with Gasteiger partial charge in [-0.25, -0.2) is 0 Å². The number of nitrogens with one attached hydrogen (secondary N) is 1. The number of aryl methyl sites for hydroxylation is 1. The summed E-state index contributed by atoms with van der Waals surface area (Å²) in [6.45, 7) is 3.59. The lowest BCUT2D eigenvalue weighted by molar-refractivity contribution is -0.133. The second-order valence-electron chi connectivity index (χ2n) is 5.34. The van der Waals surface area contributed by atoms with Crippen LogP contribution in [-0.4, -0.2) is 48.7 Å². The van der Waals surface area contributed by atoms with Gasteiger partial charge < -0.3 is 24.2 Å². The van der Waals surface area contributed by atoms with Crippen LogP contribution in [0.25, 0.3) is 0 Å². The maximum Gasteiger partial charge on any atom is 0.245 e. The summed E-state index contributed by atoms with van der Waals surface area (Å²) >= 11 is 0. The number of amides is 2. The van der Waals surface area contributed by atoms with Crippen LogP contribution in [0.2, 0.25) is 0 Å². The molecule has 0 bridgehead atoms. The molecule has 0 spiro atoms. The monoisotopic (exact) mass is 347 g/mol. The van der Waals surface area contributed by atoms with E-state index in [0.29, 0.717) is 17.3 Å². The van der Waals surface area contributed by atoms with Crippen LogP contribution in [0.15, 0.2) is 34.9 Å². The molecule has 1 N–H and O–H groups in total. The smallest absolute Gasteiger partial charge is 0.245 e. The molecule has 1 aromatic carbocycles. The fourth-order valence-corrected chi connectivity index (χ4v) is 2.07. The van der Waals surface area contributed by atoms with E-state index in [-0.39, 0.29) is 31.5 Å². The molecule has 1 heterocycles. The van der Waals surface area contributed by atoms with Crippen LogP contribution in [0.4, 0.5) is 5.82 Å². The summed E-state index contributed by atoms with van der Waals surface area (Å²) in [5, 5.41) is 6.25. The summed E-state index contributed by atoms with van der Waals surface area (Å²) in [7, 11) is 1.59. The predicted molar refractivity (Wildman–Crippen MR) is 90.6 cm³/mol. The van der Waals surface area contributed by atoms with E-state index in [1.807, 2.05) is 0 Å². The summed E-state index contributed by atoms with van der Waals surface area (Å²) in [4.78, 5) is 25.1. The van der Waals surface area contributed by atoms with Crippen LogP contribution in [0.3, 0.4) is 0 Å². The average Bonchev–Trinajstić information content (AvgIpc) is 2.99. The van der Waals surface area contributed by atoms with Crippen LogP contribution in [0.5, 0.6) is 11.5 Å². The Balaban J connectivity index is 1.81. The number of methoxy groups -OCH3 is 1. The quantitative estimate of drug-likeness (QED) is 0.783. The normalized spacial score (nSPS) is 10.2. The maximum atomic E-state index is 12.0. The molecule has 2 aromatic rings. The van der Waals surface area contributed by atoms with Crippen molar-refractivity contribution < 1.29 is 23.6 Å². The van der Waals surface area contributed by atoms with Gasteiger partial charge in [0.2, 0.25) is 11.8 Å². The summed E-state index contributed by atoms with van der Waals surface area (Å²) in [5.41, 5.74) is 0. The highest BCUT2D eigenvalue weighted by Crippen LogP contribution is 2.16. The first-order chi connectivity index (χ1) is 12.0. The van der Waals surface area contributed by atoms with Crippen molar-refractivity contribution >= 4 is 17.6 Å². The van der Waals surface area contributed by atoms with Crippen molar-refractivity contribution in [1.29, 1.82) is 0 Å². The van der Waals surface area contributed by atoms with Crippen molar-refractivity contribution in [2.45, 2.75) is 13.8 Å². The molecule has 8 heteroatoms. The molecule has 0 radical (unpaired) electrons. The van der Waals surface area contributed by atoms with E-state index < -0.39 is 0 Å². The topological polar surface area (TPSA) is 93.9 Å². The zero-order valence-electron chi connectivity index (χ0n) is 14.4. The molecule has 0 aliphatic heterocycles. The highest BCUT2D eigenvalue weighted by Gasteiger charge is 2.15. The van der Waals surface area contributed by atoms with E-state index in [0.717, 1.165) is 5.75 Å². The molecule has 0 aliphatic carbocycles. The summed E-state index contributed by atoms with van der Waals surface area (Å²) in [5.74, 6) is 1.73. The number of ether oxygens (including phenoxy) is 2. The van der Waals surface area contributed by atoms with E-state index in [2.05, 4.69) is 10.5 Å². The first-order valence-electron chi connectivity index (χ1n) is 7.73. The van der Waals surface area contributed by atoms with Gasteiger partial charge >= 0.3 is 0 Å². The Bertz CT molecular complexity index is 711. The average molecular weight is 347 g/mol. The zero-order chi connectivity index (χ0) is 18.2. The lowest BCUT2D eigenvalue weighted by atomic mass is 10.3. The molecular weight excluding hydrogens is 326 g/mol. The van der Waals surface area contributed by atoms with Gasteiger partial charge in [-0.05, 0) is 31.2 Å². The van der Waals surface area contributed by atoms with E-state index in [4.69, 9.17) is 14.0 Å². The Kier molecular flexibility index (Phi) is 6.39. The van der Waals surface area contributed by atoms with E-state index in [9.17, 15) is 9.59 Å². The van der Waals surface area contributed by atoms with E-state index in [1.54, 1.807) is 44.4 Å². The van der Waals surface area contributed by atoms with Crippen molar-refractivity contribution in [2.75, 3.05) is 32.1 Å². The standard InChI is InChI=1S/C17H21N3O5/c1-12-10-16(19-25-12)18-17(22)11-20(13(2)21)8-9-24-15-6-4-14(23-3)5-7-15/h4-7,10H,8-9,11H2,1-3H3,(H,18,19,22). The van der Waals surface area contributed by atoms with Gasteiger partial charge in [0.05, 0.1) is 13.7 Å². The molecule has 0 aliphatic rings. The van der Waals surface area contributed by atoms with Gasteiger partial charge in [0, 0.05) is 13.0 Å². The van der Waals surface area contributed by atoms with Crippen LogP contribution in [-0.2, 0) is 9.59 Å². The van der Waals surface area contributed by atoms with Gasteiger partial charge in [-0.2, -0.15) is 0 Å². The molecule has 0 saturated heterocycles. The Hall–Kier alpha value is -3.03. The minimum atomic E-state index is -0.354. The van der Waals surface area contributed by atoms with Crippen molar-refractivity contribution in [3.05, 3.63) is 36.1 Å². The number of benzene rings is 1. The van der Waals surface area contributed by atoms with Crippen LogP contribution in [0, 0.1) is 6.92 Å². The third-order valence-corrected chi connectivity index (χ3v) is 3.36. The number of anilines is 1. The predicted octanol–water partition coefficient (Wildman–Crippen LogP) is 1.86. The molecule has 0 saturated carbocycles. The Morgan fingerprint density at radius 2 is 1.92 bits per heavy atom.